The van der Waals surface area contributed by atoms with Gasteiger partial charge in [0.15, 0.2) is 0 Å². The first-order valence-electron chi connectivity index (χ1n) is 12.6. The van der Waals surface area contributed by atoms with E-state index >= 15 is 0 Å². The molecule has 1 aromatic carbocycles. The minimum atomic E-state index is -3.05. The van der Waals surface area contributed by atoms with Gasteiger partial charge in [0.2, 0.25) is 0 Å². The highest BCUT2D eigenvalue weighted by Gasteiger charge is 2.20. The SMILES string of the molecule is [2H]c1c([2H])c([2H])c2c(c1[2H])N=c1sc(C)c([2H])c1=C(N1CC([2H])([2H])N(C([2H])([2H])[2H])C([2H])([2H])C1)N2. The minimum Gasteiger partial charge on any atom is -0.355 e. The van der Waals surface area contributed by atoms with E-state index in [0.717, 1.165) is 11.3 Å². The average Bonchev–Trinajstić information content (AvgIpc) is 2.84. The third kappa shape index (κ3) is 2.40. The molecule has 114 valence electrons. The lowest BCUT2D eigenvalue weighted by Crippen LogP contribution is -2.47. The molecule has 3 heterocycles. The maximum absolute atomic E-state index is 8.54. The number of benzene rings is 1. The first-order valence-corrected chi connectivity index (χ1v) is 7.41. The Morgan fingerprint density at radius 1 is 1.36 bits per heavy atom. The van der Waals surface area contributed by atoms with Crippen molar-refractivity contribution in [3.63, 3.8) is 0 Å². The Hall–Kier alpha value is -1.85. The summed E-state index contributed by atoms with van der Waals surface area (Å²) < 4.78 is 97.6. The number of nitrogens with one attached hydrogen (secondary N) is 1. The molecule has 1 N–H and O–H groups in total. The smallest absolute Gasteiger partial charge is 0.127 e. The summed E-state index contributed by atoms with van der Waals surface area (Å²) in [6, 6.07) is -1.81. The van der Waals surface area contributed by atoms with Crippen molar-refractivity contribution in [3.05, 3.63) is 45.0 Å². The maximum atomic E-state index is 8.54. The van der Waals surface area contributed by atoms with Crippen LogP contribution in [-0.2, 0) is 0 Å². The van der Waals surface area contributed by atoms with Crippen molar-refractivity contribution in [1.82, 2.24) is 9.80 Å². The molecule has 5 heteroatoms. The van der Waals surface area contributed by atoms with Gasteiger partial charge >= 0.3 is 0 Å². The van der Waals surface area contributed by atoms with Crippen molar-refractivity contribution in [1.29, 1.82) is 0 Å². The predicted molar refractivity (Wildman–Crippen MR) is 92.0 cm³/mol. The van der Waals surface area contributed by atoms with Crippen LogP contribution in [0.2, 0.25) is 0 Å². The van der Waals surface area contributed by atoms with Crippen LogP contribution in [0.5, 0.6) is 0 Å². The third-order valence-electron chi connectivity index (χ3n) is 3.28. The summed E-state index contributed by atoms with van der Waals surface area (Å²) >= 11 is 1.11. The Kier molecular flexibility index (Phi) is 1.47. The summed E-state index contributed by atoms with van der Waals surface area (Å²) in [7, 11) is 0. The van der Waals surface area contributed by atoms with Gasteiger partial charge in [-0.25, -0.2) is 4.99 Å². The number of rotatable bonds is 1. The summed E-state index contributed by atoms with van der Waals surface area (Å²) in [6.07, 6.45) is 0. The zero-order valence-corrected chi connectivity index (χ0v) is 12.5. The number of fused-ring (bicyclic) bond motifs is 2. The van der Waals surface area contributed by atoms with Gasteiger partial charge in [-0.2, -0.15) is 0 Å². The number of nitrogens with zero attached hydrogens (tertiary/aromatic N) is 3. The lowest BCUT2D eigenvalue weighted by molar-refractivity contribution is 0.206. The van der Waals surface area contributed by atoms with Crippen LogP contribution in [-0.4, -0.2) is 42.9 Å². The Morgan fingerprint density at radius 3 is 3.00 bits per heavy atom. The van der Waals surface area contributed by atoms with Gasteiger partial charge in [-0.3, -0.25) is 0 Å². The molecule has 4 nitrogen and oxygen atoms in total. The second-order valence-corrected chi connectivity index (χ2v) is 5.98. The molecule has 2 aliphatic heterocycles. The molecule has 0 saturated carbocycles. The summed E-state index contributed by atoms with van der Waals surface area (Å²) in [6.45, 7) is -7.83. The highest BCUT2D eigenvalue weighted by Crippen LogP contribution is 2.27. The molecule has 0 atom stereocenters. The van der Waals surface area contributed by atoms with Gasteiger partial charge in [0.05, 0.1) is 23.4 Å². The number of para-hydroxylation sites is 2. The van der Waals surface area contributed by atoms with E-state index in [1.54, 1.807) is 6.92 Å². The lowest BCUT2D eigenvalue weighted by Gasteiger charge is -2.35. The summed E-state index contributed by atoms with van der Waals surface area (Å²) in [5.74, 6) is 0.0230. The number of hydrogen-bond acceptors (Lipinski definition) is 5. The second-order valence-electron chi connectivity index (χ2n) is 4.78. The molecule has 2 aliphatic rings. The van der Waals surface area contributed by atoms with Crippen LogP contribution in [0.4, 0.5) is 11.4 Å². The van der Waals surface area contributed by atoms with Crippen LogP contribution in [0.3, 0.4) is 0 Å². The molecular weight excluding hydrogens is 292 g/mol. The Labute approximate surface area is 151 Å². The molecular formula is C17H20N4S. The molecule has 1 aromatic heterocycles. The summed E-state index contributed by atoms with van der Waals surface area (Å²) in [5, 5.41) is 3.06. The number of anilines is 1. The first-order chi connectivity index (χ1) is 15.5. The van der Waals surface area contributed by atoms with Crippen molar-refractivity contribution < 1.29 is 16.4 Å². The number of aryl methyl sites for hydroxylation is 1. The van der Waals surface area contributed by atoms with E-state index in [2.05, 4.69) is 10.3 Å². The van der Waals surface area contributed by atoms with Crippen molar-refractivity contribution in [2.24, 2.45) is 4.99 Å². The van der Waals surface area contributed by atoms with Gasteiger partial charge in [0, 0.05) is 40.6 Å². The normalized spacial score (nSPS) is 31.1. The van der Waals surface area contributed by atoms with Crippen LogP contribution < -0.4 is 15.2 Å². The van der Waals surface area contributed by atoms with E-state index in [-0.39, 0.29) is 38.0 Å². The van der Waals surface area contributed by atoms with Gasteiger partial charge in [0.1, 0.15) is 10.5 Å². The zero-order valence-electron chi connectivity index (χ0n) is 23.7. The average molecular weight is 325 g/mol. The van der Waals surface area contributed by atoms with Crippen molar-refractivity contribution in [2.45, 2.75) is 6.92 Å². The third-order valence-corrected chi connectivity index (χ3v) is 4.18. The van der Waals surface area contributed by atoms with Gasteiger partial charge < -0.3 is 15.1 Å². The lowest BCUT2D eigenvalue weighted by atomic mass is 10.2. The van der Waals surface area contributed by atoms with E-state index in [1.807, 2.05) is 0 Å². The summed E-state index contributed by atoms with van der Waals surface area (Å²) in [5.41, 5.74) is -0.184. The molecule has 0 radical (unpaired) electrons. The first kappa shape index (κ1) is 5.98. The Balaban J connectivity index is 1.98. The van der Waals surface area contributed by atoms with Gasteiger partial charge in [-0.15, -0.1) is 11.3 Å². The predicted octanol–water partition coefficient (Wildman–Crippen LogP) is 1.75. The molecule has 0 aliphatic carbocycles. The van der Waals surface area contributed by atoms with Crippen LogP contribution in [0, 0.1) is 6.92 Å². The zero-order chi connectivity index (χ0) is 25.5. The largest absolute Gasteiger partial charge is 0.355 e. The number of piperazine rings is 1. The van der Waals surface area contributed by atoms with Crippen LogP contribution in [0.25, 0.3) is 5.82 Å². The van der Waals surface area contributed by atoms with E-state index in [0.29, 0.717) is 4.88 Å². The number of thiophene rings is 1. The highest BCUT2D eigenvalue weighted by molar-refractivity contribution is 7.09. The molecule has 22 heavy (non-hydrogen) atoms. The van der Waals surface area contributed by atoms with Crippen LogP contribution >= 0.6 is 11.3 Å². The molecule has 1 saturated heterocycles. The molecule has 1 fully saturated rings. The topological polar surface area (TPSA) is 30.9 Å². The van der Waals surface area contributed by atoms with Crippen LogP contribution in [0.1, 0.15) is 21.3 Å². The molecule has 2 aromatic rings. The Bertz CT molecular complexity index is 1300. The van der Waals surface area contributed by atoms with Crippen LogP contribution in [0.15, 0.2) is 35.2 Å². The number of likely N-dealkylation sites (N-methyl/N-ethyl adjacent to an activating group) is 1. The second kappa shape index (κ2) is 5.41. The quantitative estimate of drug-likeness (QED) is 0.867. The molecule has 4 rings (SSSR count). The maximum Gasteiger partial charge on any atom is 0.127 e. The molecule has 0 amide bonds. The standard InChI is InChI=1S/C17H20N4S/c1-12-11-13-16(21-9-7-20(2)8-10-21)18-14-5-3-4-6-15(14)19-17(13)22-12/h3-6,11,18H,7-10H2,1-2H3/i2D3,3D,4D,5D,6D,7D2,8D2,11D. The van der Waals surface area contributed by atoms with Crippen molar-refractivity contribution in [3.8, 4) is 0 Å². The fourth-order valence-electron chi connectivity index (χ4n) is 2.27. The molecule has 0 bridgehead atoms. The van der Waals surface area contributed by atoms with E-state index < -0.39 is 57.2 Å². The van der Waals surface area contributed by atoms with Crippen molar-refractivity contribution >= 4 is 28.5 Å². The summed E-state index contributed by atoms with van der Waals surface area (Å²) in [4.78, 5) is 6.40. The highest BCUT2D eigenvalue weighted by atomic mass is 32.1. The van der Waals surface area contributed by atoms with Gasteiger partial charge in [-0.1, -0.05) is 12.1 Å². The fourth-order valence-corrected chi connectivity index (χ4v) is 3.10. The van der Waals surface area contributed by atoms with Gasteiger partial charge in [0.25, 0.3) is 0 Å². The van der Waals surface area contributed by atoms with E-state index in [4.69, 9.17) is 16.4 Å². The van der Waals surface area contributed by atoms with E-state index in [1.165, 1.54) is 4.90 Å². The monoisotopic (exact) mass is 324 g/mol. The van der Waals surface area contributed by atoms with Gasteiger partial charge in [-0.05, 0) is 32.0 Å². The van der Waals surface area contributed by atoms with E-state index in [9.17, 15) is 0 Å². The number of hydrogen-bond donors (Lipinski definition) is 1. The van der Waals surface area contributed by atoms with Crippen molar-refractivity contribution in [2.75, 3.05) is 38.4 Å². The Morgan fingerprint density at radius 2 is 2.18 bits per heavy atom. The fraction of sp³-hybridized carbons (Fsp3) is 0.353. The molecule has 0 unspecified atom stereocenters. The minimum absolute atomic E-state index is 0.0219. The molecule has 0 spiro atoms.